The molecule has 164 valence electrons. The number of hydrogen-bond donors (Lipinski definition) is 1. The zero-order chi connectivity index (χ0) is 22.3. The van der Waals surface area contributed by atoms with Gasteiger partial charge in [0, 0.05) is 12.8 Å². The van der Waals surface area contributed by atoms with Gasteiger partial charge in [-0.05, 0) is 25.5 Å². The Morgan fingerprint density at radius 1 is 1.10 bits per heavy atom. The van der Waals surface area contributed by atoms with Crippen LogP contribution in [0.2, 0.25) is 10.0 Å². The number of carbonyl (C=O) groups excluding carboxylic acids is 2. The normalized spacial score (nSPS) is 16.4. The van der Waals surface area contributed by atoms with E-state index in [9.17, 15) is 9.59 Å². The number of nitrogens with one attached hydrogen (secondary N) is 1. The Balaban J connectivity index is 2.67. The van der Waals surface area contributed by atoms with Gasteiger partial charge < -0.3 is 24.3 Å². The summed E-state index contributed by atoms with van der Waals surface area (Å²) in [6.07, 6.45) is 0. The molecule has 0 aromatic heterocycles. The Hall–Kier alpha value is -2.06. The van der Waals surface area contributed by atoms with Gasteiger partial charge in [-0.25, -0.2) is 9.59 Å². The zero-order valence-corrected chi connectivity index (χ0v) is 18.9. The first-order chi connectivity index (χ1) is 14.4. The number of ether oxygens (including phenoxy) is 4. The van der Waals surface area contributed by atoms with E-state index in [0.29, 0.717) is 35.2 Å². The lowest BCUT2D eigenvalue weighted by Crippen LogP contribution is -2.35. The van der Waals surface area contributed by atoms with E-state index in [4.69, 9.17) is 42.1 Å². The van der Waals surface area contributed by atoms with E-state index in [1.165, 1.54) is 7.11 Å². The molecule has 1 atom stereocenters. The smallest absolute Gasteiger partial charge is 0.336 e. The van der Waals surface area contributed by atoms with E-state index in [-0.39, 0.29) is 29.4 Å². The number of benzene rings is 1. The Morgan fingerprint density at radius 3 is 2.47 bits per heavy atom. The summed E-state index contributed by atoms with van der Waals surface area (Å²) in [6.45, 7) is 4.38. The van der Waals surface area contributed by atoms with Crippen molar-refractivity contribution >= 4 is 35.1 Å². The molecule has 0 fully saturated rings. The van der Waals surface area contributed by atoms with Gasteiger partial charge in [-0.2, -0.15) is 0 Å². The first-order valence-corrected chi connectivity index (χ1v) is 10.1. The van der Waals surface area contributed by atoms with E-state index in [1.54, 1.807) is 39.2 Å². The predicted octanol–water partition coefficient (Wildman–Crippen LogP) is 3.61. The van der Waals surface area contributed by atoms with Crippen molar-refractivity contribution in [1.29, 1.82) is 0 Å². The summed E-state index contributed by atoms with van der Waals surface area (Å²) in [7, 11) is 2.84. The minimum Gasteiger partial charge on any atom is -0.466 e. The fourth-order valence-corrected chi connectivity index (χ4v) is 3.63. The monoisotopic (exact) mass is 457 g/mol. The first kappa shape index (κ1) is 24.2. The molecule has 0 saturated carbocycles. The van der Waals surface area contributed by atoms with Crippen molar-refractivity contribution in [1.82, 2.24) is 5.32 Å². The average Bonchev–Trinajstić information content (AvgIpc) is 2.72. The van der Waals surface area contributed by atoms with Crippen LogP contribution in [-0.2, 0) is 28.5 Å². The van der Waals surface area contributed by atoms with Gasteiger partial charge in [-0.1, -0.05) is 35.3 Å². The van der Waals surface area contributed by atoms with Gasteiger partial charge >= 0.3 is 11.9 Å². The van der Waals surface area contributed by atoms with Crippen molar-refractivity contribution in [2.75, 3.05) is 40.6 Å². The maximum atomic E-state index is 13.0. The van der Waals surface area contributed by atoms with Gasteiger partial charge in [0.05, 0.1) is 66.3 Å². The van der Waals surface area contributed by atoms with Crippen molar-refractivity contribution in [3.05, 3.63) is 56.3 Å². The van der Waals surface area contributed by atoms with Gasteiger partial charge in [-0.15, -0.1) is 0 Å². The second-order valence-electron chi connectivity index (χ2n) is 6.39. The summed E-state index contributed by atoms with van der Waals surface area (Å²) < 4.78 is 20.9. The quantitative estimate of drug-likeness (QED) is 0.447. The molecule has 0 aliphatic carbocycles. The van der Waals surface area contributed by atoms with Crippen LogP contribution in [0.15, 0.2) is 40.7 Å². The van der Waals surface area contributed by atoms with Crippen LogP contribution in [-0.4, -0.2) is 52.6 Å². The number of esters is 2. The molecule has 0 amide bonds. The third-order valence-electron chi connectivity index (χ3n) is 4.52. The number of carbonyl (C=O) groups is 2. The number of rotatable bonds is 9. The topological polar surface area (TPSA) is 83.1 Å². The molecule has 1 aromatic carbocycles. The zero-order valence-electron chi connectivity index (χ0n) is 17.3. The molecular weight excluding hydrogens is 433 g/mol. The SMILES string of the molecule is CCOC(=O)C1=C(COCCOC)NC(C)=C(C(=O)OC)C1c1cccc(Cl)c1Cl. The third-order valence-corrected chi connectivity index (χ3v) is 5.35. The largest absolute Gasteiger partial charge is 0.466 e. The lowest BCUT2D eigenvalue weighted by Gasteiger charge is -2.31. The molecule has 1 aliphatic rings. The Kier molecular flexibility index (Phi) is 9.17. The molecule has 1 aliphatic heterocycles. The van der Waals surface area contributed by atoms with E-state index in [2.05, 4.69) is 5.32 Å². The summed E-state index contributed by atoms with van der Waals surface area (Å²) >= 11 is 12.7. The van der Waals surface area contributed by atoms with E-state index >= 15 is 0 Å². The molecule has 7 nitrogen and oxygen atoms in total. The molecule has 0 spiro atoms. The highest BCUT2D eigenvalue weighted by molar-refractivity contribution is 6.42. The van der Waals surface area contributed by atoms with Crippen LogP contribution >= 0.6 is 23.2 Å². The summed E-state index contributed by atoms with van der Waals surface area (Å²) in [6, 6.07) is 5.04. The molecule has 1 aromatic rings. The molecule has 0 saturated heterocycles. The maximum absolute atomic E-state index is 13.0. The van der Waals surface area contributed by atoms with Crippen molar-refractivity contribution in [2.45, 2.75) is 19.8 Å². The summed E-state index contributed by atoms with van der Waals surface area (Å²) in [5.74, 6) is -2.03. The van der Waals surface area contributed by atoms with Crippen LogP contribution in [0.1, 0.15) is 25.3 Å². The first-order valence-electron chi connectivity index (χ1n) is 9.34. The fourth-order valence-electron chi connectivity index (χ4n) is 3.21. The Labute approximate surface area is 185 Å². The van der Waals surface area contributed by atoms with Crippen LogP contribution < -0.4 is 5.32 Å². The van der Waals surface area contributed by atoms with Gasteiger partial charge in [0.15, 0.2) is 0 Å². The van der Waals surface area contributed by atoms with Gasteiger partial charge in [-0.3, -0.25) is 0 Å². The van der Waals surface area contributed by atoms with Crippen LogP contribution in [0.25, 0.3) is 0 Å². The predicted molar refractivity (Wildman–Crippen MR) is 113 cm³/mol. The number of hydrogen-bond acceptors (Lipinski definition) is 7. The van der Waals surface area contributed by atoms with Crippen molar-refractivity contribution in [3.63, 3.8) is 0 Å². The third kappa shape index (κ3) is 5.35. The number of halogens is 2. The fraction of sp³-hybridized carbons (Fsp3) is 0.429. The van der Waals surface area contributed by atoms with Crippen LogP contribution in [0.3, 0.4) is 0 Å². The molecule has 1 unspecified atom stereocenters. The van der Waals surface area contributed by atoms with Crippen molar-refractivity contribution < 1.29 is 28.5 Å². The molecule has 2 rings (SSSR count). The number of dihydropyridines is 1. The van der Waals surface area contributed by atoms with Crippen LogP contribution in [0.5, 0.6) is 0 Å². The molecular formula is C21H25Cl2NO6. The summed E-state index contributed by atoms with van der Waals surface area (Å²) in [4.78, 5) is 25.7. The highest BCUT2D eigenvalue weighted by atomic mass is 35.5. The van der Waals surface area contributed by atoms with E-state index in [1.807, 2.05) is 0 Å². The standard InChI is InChI=1S/C21H25Cl2NO6/c1-5-30-21(26)18-15(11-29-10-9-27-3)24-12(2)16(20(25)28-4)17(18)13-7-6-8-14(22)19(13)23/h6-8,17,24H,5,9-11H2,1-4H3. The minimum absolute atomic E-state index is 0.0813. The van der Waals surface area contributed by atoms with Gasteiger partial charge in [0.2, 0.25) is 0 Å². The number of methoxy groups -OCH3 is 2. The lowest BCUT2D eigenvalue weighted by atomic mass is 9.80. The van der Waals surface area contributed by atoms with Crippen LogP contribution in [0.4, 0.5) is 0 Å². The molecule has 30 heavy (non-hydrogen) atoms. The van der Waals surface area contributed by atoms with E-state index in [0.717, 1.165) is 0 Å². The second kappa shape index (κ2) is 11.4. The Bertz CT molecular complexity index is 865. The number of allylic oxidation sites excluding steroid dienone is 1. The van der Waals surface area contributed by atoms with Crippen molar-refractivity contribution in [2.24, 2.45) is 0 Å². The molecule has 1 N–H and O–H groups in total. The molecule has 1 heterocycles. The molecule has 0 radical (unpaired) electrons. The highest BCUT2D eigenvalue weighted by Gasteiger charge is 2.40. The molecule has 0 bridgehead atoms. The summed E-state index contributed by atoms with van der Waals surface area (Å²) in [5.41, 5.74) is 1.93. The minimum atomic E-state index is -0.843. The summed E-state index contributed by atoms with van der Waals surface area (Å²) in [5, 5.41) is 3.64. The van der Waals surface area contributed by atoms with Gasteiger partial charge in [0.25, 0.3) is 0 Å². The molecule has 9 heteroatoms. The maximum Gasteiger partial charge on any atom is 0.336 e. The average molecular weight is 458 g/mol. The highest BCUT2D eigenvalue weighted by Crippen LogP contribution is 2.43. The van der Waals surface area contributed by atoms with E-state index < -0.39 is 17.9 Å². The van der Waals surface area contributed by atoms with Gasteiger partial charge in [0.1, 0.15) is 0 Å². The van der Waals surface area contributed by atoms with Crippen LogP contribution in [0, 0.1) is 0 Å². The Morgan fingerprint density at radius 2 is 1.83 bits per heavy atom. The lowest BCUT2D eigenvalue weighted by molar-refractivity contribution is -0.139. The second-order valence-corrected chi connectivity index (χ2v) is 7.17. The van der Waals surface area contributed by atoms with Crippen molar-refractivity contribution in [3.8, 4) is 0 Å².